The molecule has 2 rings (SSSR count). The summed E-state index contributed by atoms with van der Waals surface area (Å²) in [6.07, 6.45) is 0. The third kappa shape index (κ3) is 2.88. The summed E-state index contributed by atoms with van der Waals surface area (Å²) in [7, 11) is 1.56. The van der Waals surface area contributed by atoms with Crippen molar-refractivity contribution in [2.45, 2.75) is 13.0 Å². The van der Waals surface area contributed by atoms with Gasteiger partial charge in [0.05, 0.1) is 13.2 Å². The van der Waals surface area contributed by atoms with E-state index >= 15 is 0 Å². The van der Waals surface area contributed by atoms with E-state index < -0.39 is 6.04 Å². The van der Waals surface area contributed by atoms with Crippen LogP contribution in [0.2, 0.25) is 5.02 Å². The van der Waals surface area contributed by atoms with Gasteiger partial charge in [0.25, 0.3) is 0 Å². The molecule has 0 radical (unpaired) electrons. The highest BCUT2D eigenvalue weighted by Gasteiger charge is 2.17. The third-order valence-corrected chi connectivity index (χ3v) is 3.36. The van der Waals surface area contributed by atoms with Crippen LogP contribution < -0.4 is 10.5 Å². The summed E-state index contributed by atoms with van der Waals surface area (Å²) in [5, 5.41) is 0.466. The van der Waals surface area contributed by atoms with Crippen LogP contribution >= 0.6 is 11.6 Å². The molecule has 1 atom stereocenters. The molecule has 1 unspecified atom stereocenters. The van der Waals surface area contributed by atoms with Crippen LogP contribution in [0.4, 0.5) is 4.39 Å². The molecular formula is C15H15ClFNO. The van der Waals surface area contributed by atoms with E-state index in [2.05, 4.69) is 0 Å². The predicted molar refractivity (Wildman–Crippen MR) is 75.2 cm³/mol. The summed E-state index contributed by atoms with van der Waals surface area (Å²) in [6, 6.07) is 9.45. The Morgan fingerprint density at radius 1 is 1.16 bits per heavy atom. The maximum atomic E-state index is 13.8. The SMILES string of the molecule is COc1ccc(C(N)c2cc(C)ccc2F)c(Cl)c1. The van der Waals surface area contributed by atoms with Crippen LogP contribution in [0, 0.1) is 12.7 Å². The smallest absolute Gasteiger partial charge is 0.128 e. The van der Waals surface area contributed by atoms with Gasteiger partial charge in [-0.05, 0) is 30.7 Å². The van der Waals surface area contributed by atoms with Crippen LogP contribution in [-0.2, 0) is 0 Å². The van der Waals surface area contributed by atoms with Gasteiger partial charge in [0.1, 0.15) is 11.6 Å². The normalized spacial score (nSPS) is 12.3. The number of rotatable bonds is 3. The van der Waals surface area contributed by atoms with Gasteiger partial charge in [-0.1, -0.05) is 35.4 Å². The number of benzene rings is 2. The Morgan fingerprint density at radius 3 is 2.53 bits per heavy atom. The molecule has 2 N–H and O–H groups in total. The standard InChI is InChI=1S/C15H15ClFNO/c1-9-3-6-14(17)12(7-9)15(18)11-5-4-10(19-2)8-13(11)16/h3-8,15H,18H2,1-2H3. The zero-order valence-corrected chi connectivity index (χ0v) is 11.5. The average molecular weight is 280 g/mol. The molecule has 2 aromatic carbocycles. The van der Waals surface area contributed by atoms with Crippen LogP contribution in [-0.4, -0.2) is 7.11 Å². The Hall–Kier alpha value is -1.58. The first kappa shape index (κ1) is 13.8. The maximum absolute atomic E-state index is 13.8. The summed E-state index contributed by atoms with van der Waals surface area (Å²) in [5.74, 6) is 0.315. The minimum Gasteiger partial charge on any atom is -0.497 e. The van der Waals surface area contributed by atoms with Gasteiger partial charge >= 0.3 is 0 Å². The number of aryl methyl sites for hydroxylation is 1. The first-order chi connectivity index (χ1) is 9.02. The minimum atomic E-state index is -0.599. The molecule has 0 fully saturated rings. The van der Waals surface area contributed by atoms with Crippen LogP contribution in [0.15, 0.2) is 36.4 Å². The largest absolute Gasteiger partial charge is 0.497 e. The maximum Gasteiger partial charge on any atom is 0.128 e. The van der Waals surface area contributed by atoms with E-state index in [0.717, 1.165) is 5.56 Å². The van der Waals surface area contributed by atoms with Crippen LogP contribution in [0.5, 0.6) is 5.75 Å². The molecule has 4 heteroatoms. The lowest BCUT2D eigenvalue weighted by Gasteiger charge is -2.16. The summed E-state index contributed by atoms with van der Waals surface area (Å²) in [6.45, 7) is 1.89. The molecule has 0 saturated carbocycles. The molecule has 0 aromatic heterocycles. The highest BCUT2D eigenvalue weighted by Crippen LogP contribution is 2.31. The Labute approximate surface area is 117 Å². The second-order valence-electron chi connectivity index (χ2n) is 4.39. The Morgan fingerprint density at radius 2 is 1.89 bits per heavy atom. The van der Waals surface area contributed by atoms with Crippen molar-refractivity contribution in [3.63, 3.8) is 0 Å². The van der Waals surface area contributed by atoms with E-state index in [9.17, 15) is 4.39 Å². The molecule has 2 nitrogen and oxygen atoms in total. The molecule has 0 amide bonds. The van der Waals surface area contributed by atoms with E-state index in [1.54, 1.807) is 37.4 Å². The van der Waals surface area contributed by atoms with Crippen molar-refractivity contribution < 1.29 is 9.13 Å². The molecule has 0 aliphatic heterocycles. The van der Waals surface area contributed by atoms with Crippen molar-refractivity contribution in [3.05, 3.63) is 63.9 Å². The fourth-order valence-electron chi connectivity index (χ4n) is 1.96. The molecule has 0 aliphatic carbocycles. The second-order valence-corrected chi connectivity index (χ2v) is 4.80. The molecule has 0 saturated heterocycles. The van der Waals surface area contributed by atoms with Gasteiger partial charge in [-0.2, -0.15) is 0 Å². The van der Waals surface area contributed by atoms with E-state index in [-0.39, 0.29) is 5.82 Å². The molecular weight excluding hydrogens is 265 g/mol. The van der Waals surface area contributed by atoms with Crippen molar-refractivity contribution in [1.82, 2.24) is 0 Å². The average Bonchev–Trinajstić information content (AvgIpc) is 2.40. The van der Waals surface area contributed by atoms with Crippen molar-refractivity contribution in [2.24, 2.45) is 5.73 Å². The fraction of sp³-hybridized carbons (Fsp3) is 0.200. The number of ether oxygens (including phenoxy) is 1. The van der Waals surface area contributed by atoms with Gasteiger partial charge in [-0.15, -0.1) is 0 Å². The monoisotopic (exact) mass is 279 g/mol. The lowest BCUT2D eigenvalue weighted by Crippen LogP contribution is -2.14. The van der Waals surface area contributed by atoms with Crippen LogP contribution in [0.1, 0.15) is 22.7 Å². The van der Waals surface area contributed by atoms with E-state index in [4.69, 9.17) is 22.1 Å². The molecule has 19 heavy (non-hydrogen) atoms. The zero-order chi connectivity index (χ0) is 14.0. The van der Waals surface area contributed by atoms with Gasteiger partial charge in [0, 0.05) is 10.6 Å². The Balaban J connectivity index is 2.43. The van der Waals surface area contributed by atoms with Crippen molar-refractivity contribution in [2.75, 3.05) is 7.11 Å². The Bertz CT molecular complexity index is 601. The molecule has 0 aliphatic rings. The number of hydrogen-bond acceptors (Lipinski definition) is 2. The summed E-state index contributed by atoms with van der Waals surface area (Å²) >= 11 is 6.16. The van der Waals surface area contributed by atoms with Gasteiger partial charge in [-0.3, -0.25) is 0 Å². The Kier molecular flexibility index (Phi) is 4.08. The van der Waals surface area contributed by atoms with Crippen molar-refractivity contribution >= 4 is 11.6 Å². The number of halogens is 2. The molecule has 0 heterocycles. The highest BCUT2D eigenvalue weighted by atomic mass is 35.5. The summed E-state index contributed by atoms with van der Waals surface area (Å²) < 4.78 is 18.9. The first-order valence-electron chi connectivity index (χ1n) is 5.88. The van der Waals surface area contributed by atoms with Crippen LogP contribution in [0.25, 0.3) is 0 Å². The summed E-state index contributed by atoms with van der Waals surface area (Å²) in [4.78, 5) is 0. The topological polar surface area (TPSA) is 35.2 Å². The van der Waals surface area contributed by atoms with E-state index in [0.29, 0.717) is 21.9 Å². The third-order valence-electron chi connectivity index (χ3n) is 3.03. The number of hydrogen-bond donors (Lipinski definition) is 1. The lowest BCUT2D eigenvalue weighted by molar-refractivity contribution is 0.414. The van der Waals surface area contributed by atoms with Crippen LogP contribution in [0.3, 0.4) is 0 Å². The van der Waals surface area contributed by atoms with Gasteiger partial charge in [0.2, 0.25) is 0 Å². The van der Waals surface area contributed by atoms with Gasteiger partial charge in [-0.25, -0.2) is 4.39 Å². The summed E-state index contributed by atoms with van der Waals surface area (Å²) in [5.41, 5.74) is 8.18. The minimum absolute atomic E-state index is 0.329. The van der Waals surface area contributed by atoms with E-state index in [1.165, 1.54) is 6.07 Å². The molecule has 0 bridgehead atoms. The number of methoxy groups -OCH3 is 1. The second kappa shape index (κ2) is 5.59. The molecule has 0 spiro atoms. The fourth-order valence-corrected chi connectivity index (χ4v) is 2.24. The van der Waals surface area contributed by atoms with Crippen molar-refractivity contribution in [3.8, 4) is 5.75 Å². The molecule has 2 aromatic rings. The van der Waals surface area contributed by atoms with Crippen molar-refractivity contribution in [1.29, 1.82) is 0 Å². The lowest BCUT2D eigenvalue weighted by atomic mass is 9.97. The zero-order valence-electron chi connectivity index (χ0n) is 10.8. The quantitative estimate of drug-likeness (QED) is 0.926. The number of nitrogens with two attached hydrogens (primary N) is 1. The van der Waals surface area contributed by atoms with Gasteiger partial charge in [0.15, 0.2) is 0 Å². The first-order valence-corrected chi connectivity index (χ1v) is 6.26. The molecule has 100 valence electrons. The van der Waals surface area contributed by atoms with Gasteiger partial charge < -0.3 is 10.5 Å². The highest BCUT2D eigenvalue weighted by molar-refractivity contribution is 6.31. The van der Waals surface area contributed by atoms with E-state index in [1.807, 2.05) is 6.92 Å². The predicted octanol–water partition coefficient (Wildman–Crippen LogP) is 3.84.